The third-order valence-corrected chi connectivity index (χ3v) is 16.6. The van der Waals surface area contributed by atoms with E-state index in [4.69, 9.17) is 14.2 Å². The van der Waals surface area contributed by atoms with E-state index in [-0.39, 0.29) is 19.8 Å². The van der Waals surface area contributed by atoms with E-state index in [1.165, 1.54) is 270 Å². The lowest BCUT2D eigenvalue weighted by Gasteiger charge is -2.32. The molecule has 0 aromatic heterocycles. The van der Waals surface area contributed by atoms with Crippen LogP contribution in [-0.2, 0) is 33.4 Å². The van der Waals surface area contributed by atoms with Crippen LogP contribution in [0.4, 0.5) is 0 Å². The molecular formula is C70H134O8. The summed E-state index contributed by atoms with van der Waals surface area (Å²) >= 11 is 0. The normalized spacial score (nSPS) is 12.8. The average molecular weight is 1100 g/mol. The van der Waals surface area contributed by atoms with Crippen molar-refractivity contribution in [2.45, 2.75) is 393 Å². The SMILES string of the molecule is CCCCCCCCCCCCCCCCCCCCOC(=O)CC(O)(C(=O)OCCCCCCCCCCCCCCCCCCCC)C(C(=O)OCCCCCCCCCCCCCCCCCCCC)C(=O)C(C)C. The Kier molecular flexibility index (Phi) is 58.2. The molecule has 0 rings (SSSR count). The topological polar surface area (TPSA) is 116 Å². The first-order valence-corrected chi connectivity index (χ1v) is 34.9. The van der Waals surface area contributed by atoms with Crippen molar-refractivity contribution >= 4 is 23.7 Å². The van der Waals surface area contributed by atoms with Crippen molar-refractivity contribution in [3.8, 4) is 0 Å². The van der Waals surface area contributed by atoms with Crippen molar-refractivity contribution in [1.82, 2.24) is 0 Å². The van der Waals surface area contributed by atoms with E-state index >= 15 is 0 Å². The third-order valence-electron chi connectivity index (χ3n) is 16.6. The number of ether oxygens (including phenoxy) is 3. The molecular weight excluding hydrogens is 969 g/mol. The van der Waals surface area contributed by atoms with Crippen LogP contribution in [0.25, 0.3) is 0 Å². The largest absolute Gasteiger partial charge is 0.466 e. The Morgan fingerprint density at radius 2 is 0.513 bits per heavy atom. The van der Waals surface area contributed by atoms with E-state index in [2.05, 4.69) is 20.8 Å². The number of rotatable bonds is 64. The van der Waals surface area contributed by atoms with Gasteiger partial charge in [-0.2, -0.15) is 0 Å². The molecule has 0 aromatic rings. The van der Waals surface area contributed by atoms with Crippen LogP contribution in [0.5, 0.6) is 0 Å². The van der Waals surface area contributed by atoms with Gasteiger partial charge in [0.1, 0.15) is 0 Å². The molecule has 2 unspecified atom stereocenters. The molecule has 8 heteroatoms. The predicted molar refractivity (Wildman–Crippen MR) is 332 cm³/mol. The summed E-state index contributed by atoms with van der Waals surface area (Å²) < 4.78 is 16.8. The van der Waals surface area contributed by atoms with Gasteiger partial charge < -0.3 is 19.3 Å². The minimum Gasteiger partial charge on any atom is -0.466 e. The van der Waals surface area contributed by atoms with Crippen LogP contribution in [0.15, 0.2) is 0 Å². The molecule has 0 bridgehead atoms. The lowest BCUT2D eigenvalue weighted by atomic mass is 9.78. The summed E-state index contributed by atoms with van der Waals surface area (Å²) in [6.45, 7) is 10.3. The van der Waals surface area contributed by atoms with Gasteiger partial charge in [-0.05, 0) is 19.3 Å². The molecule has 0 aromatic carbocycles. The number of Topliss-reactive ketones (excluding diaryl/α,β-unsaturated/α-hetero) is 1. The Balaban J connectivity index is 4.91. The summed E-state index contributed by atoms with van der Waals surface area (Å²) in [7, 11) is 0. The average Bonchev–Trinajstić information content (AvgIpc) is 3.46. The van der Waals surface area contributed by atoms with Crippen molar-refractivity contribution in [3.05, 3.63) is 0 Å². The van der Waals surface area contributed by atoms with E-state index in [0.29, 0.717) is 19.3 Å². The number of carbonyl (C=O) groups excluding carboxylic acids is 4. The van der Waals surface area contributed by atoms with Gasteiger partial charge in [0.05, 0.1) is 26.2 Å². The van der Waals surface area contributed by atoms with Gasteiger partial charge in [-0.1, -0.05) is 362 Å². The molecule has 2 atom stereocenters. The van der Waals surface area contributed by atoms with Crippen molar-refractivity contribution in [1.29, 1.82) is 0 Å². The summed E-state index contributed by atoms with van der Waals surface area (Å²) in [4.78, 5) is 54.9. The highest BCUT2D eigenvalue weighted by molar-refractivity contribution is 6.07. The Bertz CT molecular complexity index is 1300. The van der Waals surface area contributed by atoms with Crippen LogP contribution < -0.4 is 0 Å². The zero-order valence-electron chi connectivity index (χ0n) is 53.0. The Hall–Kier alpha value is -1.96. The molecule has 462 valence electrons. The molecule has 1 N–H and O–H groups in total. The number of unbranched alkanes of at least 4 members (excludes halogenated alkanes) is 51. The second-order valence-corrected chi connectivity index (χ2v) is 24.6. The van der Waals surface area contributed by atoms with E-state index in [1.807, 2.05) is 0 Å². The molecule has 0 spiro atoms. The summed E-state index contributed by atoms with van der Waals surface area (Å²) in [6, 6.07) is 0. The molecule has 0 radical (unpaired) electrons. The number of esters is 3. The lowest BCUT2D eigenvalue weighted by Crippen LogP contribution is -2.56. The minimum absolute atomic E-state index is 0.0329. The molecule has 0 fully saturated rings. The molecule has 0 aliphatic rings. The number of hydrogen-bond acceptors (Lipinski definition) is 8. The van der Waals surface area contributed by atoms with Crippen LogP contribution in [-0.4, -0.2) is 54.2 Å². The van der Waals surface area contributed by atoms with Gasteiger partial charge in [0.15, 0.2) is 17.3 Å². The van der Waals surface area contributed by atoms with Crippen LogP contribution in [0.1, 0.15) is 388 Å². The smallest absolute Gasteiger partial charge is 0.340 e. The first kappa shape index (κ1) is 76.0. The highest BCUT2D eigenvalue weighted by Gasteiger charge is 2.55. The maximum absolute atomic E-state index is 13.9. The summed E-state index contributed by atoms with van der Waals surface area (Å²) in [5.41, 5.74) is -2.73. The number of ketones is 1. The fourth-order valence-electron chi connectivity index (χ4n) is 11.2. The first-order chi connectivity index (χ1) is 38.1. The van der Waals surface area contributed by atoms with E-state index < -0.39 is 47.5 Å². The monoisotopic (exact) mass is 1100 g/mol. The Labute approximate surface area is 485 Å². The Morgan fingerprint density at radius 3 is 0.744 bits per heavy atom. The zero-order chi connectivity index (χ0) is 57.1. The van der Waals surface area contributed by atoms with Crippen molar-refractivity contribution in [2.24, 2.45) is 11.8 Å². The van der Waals surface area contributed by atoms with Gasteiger partial charge in [0.2, 0.25) is 0 Å². The van der Waals surface area contributed by atoms with Gasteiger partial charge in [-0.15, -0.1) is 0 Å². The fourth-order valence-corrected chi connectivity index (χ4v) is 11.2. The molecule has 8 nitrogen and oxygen atoms in total. The number of aliphatic hydroxyl groups is 1. The van der Waals surface area contributed by atoms with Gasteiger partial charge in [-0.3, -0.25) is 14.4 Å². The molecule has 0 saturated heterocycles. The van der Waals surface area contributed by atoms with E-state index in [0.717, 1.165) is 57.8 Å². The van der Waals surface area contributed by atoms with Gasteiger partial charge in [-0.25, -0.2) is 4.79 Å². The van der Waals surface area contributed by atoms with Crippen molar-refractivity contribution in [3.63, 3.8) is 0 Å². The summed E-state index contributed by atoms with van der Waals surface area (Å²) in [5, 5.41) is 12.2. The van der Waals surface area contributed by atoms with Crippen LogP contribution in [0.3, 0.4) is 0 Å². The minimum atomic E-state index is -2.73. The maximum Gasteiger partial charge on any atom is 0.340 e. The van der Waals surface area contributed by atoms with Crippen molar-refractivity contribution < 1.29 is 38.5 Å². The van der Waals surface area contributed by atoms with Crippen LogP contribution >= 0.6 is 0 Å². The molecule has 78 heavy (non-hydrogen) atoms. The van der Waals surface area contributed by atoms with Gasteiger partial charge in [0.25, 0.3) is 0 Å². The quantitative estimate of drug-likeness (QED) is 0.0277. The summed E-state index contributed by atoms with van der Waals surface area (Å²) in [5.74, 6) is -6.18. The maximum atomic E-state index is 13.9. The van der Waals surface area contributed by atoms with Crippen molar-refractivity contribution in [2.75, 3.05) is 19.8 Å². The highest BCUT2D eigenvalue weighted by Crippen LogP contribution is 2.30. The Morgan fingerprint density at radius 1 is 0.308 bits per heavy atom. The van der Waals surface area contributed by atoms with Crippen LogP contribution in [0, 0.1) is 11.8 Å². The molecule has 0 aliphatic carbocycles. The highest BCUT2D eigenvalue weighted by atomic mass is 16.6. The first-order valence-electron chi connectivity index (χ1n) is 34.9. The second kappa shape index (κ2) is 59.7. The lowest BCUT2D eigenvalue weighted by molar-refractivity contribution is -0.188. The zero-order valence-corrected chi connectivity index (χ0v) is 53.0. The molecule has 0 aliphatic heterocycles. The van der Waals surface area contributed by atoms with Gasteiger partial charge >= 0.3 is 17.9 Å². The standard InChI is InChI=1S/C70H134O8/c1-6-9-12-15-18-21-24-27-30-33-36-39-42-45-48-51-54-57-60-76-65(71)63-70(75,69(74)78-62-59-56-53-50-47-44-41-38-35-32-29-26-23-20-17-14-11-8-3)66(67(72)64(4)5)68(73)77-61-58-55-52-49-46-43-40-37-34-31-28-25-22-19-16-13-10-7-2/h64,66,75H,6-63H2,1-5H3. The molecule has 0 heterocycles. The fraction of sp³-hybridized carbons (Fsp3) is 0.943. The predicted octanol–water partition coefficient (Wildman–Crippen LogP) is 21.7. The summed E-state index contributed by atoms with van der Waals surface area (Å²) in [6.07, 6.45) is 66.7. The number of carbonyl (C=O) groups is 4. The van der Waals surface area contributed by atoms with E-state index in [1.54, 1.807) is 13.8 Å². The van der Waals surface area contributed by atoms with Crippen LogP contribution in [0.2, 0.25) is 0 Å². The number of hydrogen-bond donors (Lipinski definition) is 1. The third kappa shape index (κ3) is 48.7. The molecule has 0 saturated carbocycles. The second-order valence-electron chi connectivity index (χ2n) is 24.6. The van der Waals surface area contributed by atoms with E-state index in [9.17, 15) is 24.3 Å². The molecule has 0 amide bonds. The van der Waals surface area contributed by atoms with Gasteiger partial charge in [0, 0.05) is 5.92 Å².